The van der Waals surface area contributed by atoms with Crippen LogP contribution in [0.3, 0.4) is 0 Å². The van der Waals surface area contributed by atoms with Crippen LogP contribution in [0.2, 0.25) is 0 Å². The first-order valence-corrected chi connectivity index (χ1v) is 4.34. The Morgan fingerprint density at radius 2 is 2.50 bits per heavy atom. The van der Waals surface area contributed by atoms with Crippen molar-refractivity contribution in [2.45, 2.75) is 19.1 Å². The van der Waals surface area contributed by atoms with Gasteiger partial charge in [-0.25, -0.2) is 0 Å². The van der Waals surface area contributed by atoms with Gasteiger partial charge in [-0.2, -0.15) is 0 Å². The molecular weight excluding hydrogens is 154 g/mol. The smallest absolute Gasteiger partial charge is 0.0900 e. The number of hydrogen-bond acceptors (Lipinski definition) is 3. The first-order chi connectivity index (χ1) is 5.74. The molecule has 0 aliphatic carbocycles. The van der Waals surface area contributed by atoms with Crippen molar-refractivity contribution in [2.24, 2.45) is 0 Å². The maximum absolute atomic E-state index is 9.40. The molecule has 0 radical (unpaired) electrons. The molecule has 0 aromatic heterocycles. The van der Waals surface area contributed by atoms with E-state index in [0.717, 1.165) is 13.1 Å². The molecule has 0 bridgehead atoms. The average Bonchev–Trinajstić information content (AvgIpc) is 2.67. The van der Waals surface area contributed by atoms with Gasteiger partial charge in [-0.05, 0) is 6.92 Å². The number of nitrogens with zero attached hydrogens (tertiary/aromatic N) is 1. The van der Waals surface area contributed by atoms with E-state index < -0.39 is 0 Å². The lowest BCUT2D eigenvalue weighted by Gasteiger charge is -2.10. The molecular formula is C9H17NO2. The number of β-amino-alcohol motifs (C(OH)–C–C–N with tert-alkyl or cyclic N) is 1. The van der Waals surface area contributed by atoms with Crippen LogP contribution in [0.4, 0.5) is 0 Å². The van der Waals surface area contributed by atoms with Gasteiger partial charge >= 0.3 is 0 Å². The summed E-state index contributed by atoms with van der Waals surface area (Å²) in [6, 6.07) is 0.652. The van der Waals surface area contributed by atoms with Gasteiger partial charge in [0.25, 0.3) is 0 Å². The highest BCUT2D eigenvalue weighted by atomic mass is 16.5. The van der Waals surface area contributed by atoms with Crippen molar-refractivity contribution in [3.05, 3.63) is 12.7 Å². The second kappa shape index (κ2) is 4.60. The zero-order chi connectivity index (χ0) is 8.97. The van der Waals surface area contributed by atoms with Crippen LogP contribution in [0, 0.1) is 0 Å². The summed E-state index contributed by atoms with van der Waals surface area (Å²) in [7, 11) is 0. The number of aliphatic hydroxyl groups excluding tert-OH is 1. The summed E-state index contributed by atoms with van der Waals surface area (Å²) < 4.78 is 5.11. The first-order valence-electron chi connectivity index (χ1n) is 4.34. The molecule has 3 atom stereocenters. The maximum atomic E-state index is 9.40. The molecule has 1 fully saturated rings. The van der Waals surface area contributed by atoms with E-state index in [4.69, 9.17) is 4.74 Å². The molecule has 1 heterocycles. The highest BCUT2D eigenvalue weighted by Crippen LogP contribution is 2.15. The zero-order valence-corrected chi connectivity index (χ0v) is 7.57. The van der Waals surface area contributed by atoms with Crippen molar-refractivity contribution in [1.29, 1.82) is 0 Å². The number of rotatable bonds is 6. The van der Waals surface area contributed by atoms with E-state index in [0.29, 0.717) is 19.3 Å². The molecule has 1 rings (SSSR count). The van der Waals surface area contributed by atoms with Gasteiger partial charge in [-0.3, -0.25) is 4.90 Å². The standard InChI is InChI=1S/C9H17NO2/c1-3-4-12-7-9(11)6-10-5-8(10)2/h3,8-9,11H,1,4-7H2,2H3. The lowest BCUT2D eigenvalue weighted by atomic mass is 10.4. The second-order valence-electron chi connectivity index (χ2n) is 3.28. The monoisotopic (exact) mass is 171 g/mol. The Bertz CT molecular complexity index is 149. The highest BCUT2D eigenvalue weighted by molar-refractivity contribution is 4.86. The molecule has 12 heavy (non-hydrogen) atoms. The summed E-state index contributed by atoms with van der Waals surface area (Å²) in [5.74, 6) is 0. The van der Waals surface area contributed by atoms with Gasteiger partial charge in [-0.1, -0.05) is 6.08 Å². The zero-order valence-electron chi connectivity index (χ0n) is 7.57. The normalized spacial score (nSPS) is 29.8. The minimum atomic E-state index is -0.352. The van der Waals surface area contributed by atoms with Crippen LogP contribution < -0.4 is 0 Å². The van der Waals surface area contributed by atoms with E-state index in [9.17, 15) is 5.11 Å². The third-order valence-electron chi connectivity index (χ3n) is 1.98. The molecule has 0 saturated carbocycles. The third kappa shape index (κ3) is 3.34. The second-order valence-corrected chi connectivity index (χ2v) is 3.28. The van der Waals surface area contributed by atoms with E-state index in [2.05, 4.69) is 18.4 Å². The van der Waals surface area contributed by atoms with Crippen LogP contribution in [-0.4, -0.2) is 48.5 Å². The number of aliphatic hydroxyl groups is 1. The van der Waals surface area contributed by atoms with Crippen molar-refractivity contribution < 1.29 is 9.84 Å². The molecule has 1 aliphatic heterocycles. The minimum absolute atomic E-state index is 0.352. The van der Waals surface area contributed by atoms with E-state index in [-0.39, 0.29) is 6.10 Å². The SMILES string of the molecule is C=CCOCC(O)CN1CC1C. The van der Waals surface area contributed by atoms with Crippen LogP contribution in [0.15, 0.2) is 12.7 Å². The molecule has 1 saturated heterocycles. The van der Waals surface area contributed by atoms with Crippen molar-refractivity contribution in [2.75, 3.05) is 26.3 Å². The number of hydrogen-bond donors (Lipinski definition) is 1. The Morgan fingerprint density at radius 1 is 1.83 bits per heavy atom. The third-order valence-corrected chi connectivity index (χ3v) is 1.98. The molecule has 3 nitrogen and oxygen atoms in total. The van der Waals surface area contributed by atoms with Crippen molar-refractivity contribution in [3.8, 4) is 0 Å². The predicted molar refractivity (Wildman–Crippen MR) is 48.1 cm³/mol. The van der Waals surface area contributed by atoms with Gasteiger partial charge in [-0.15, -0.1) is 6.58 Å². The fraction of sp³-hybridized carbons (Fsp3) is 0.778. The predicted octanol–water partition coefficient (Wildman–Crippen LogP) is 0.254. The van der Waals surface area contributed by atoms with Crippen molar-refractivity contribution >= 4 is 0 Å². The van der Waals surface area contributed by atoms with E-state index in [1.165, 1.54) is 0 Å². The van der Waals surface area contributed by atoms with E-state index in [1.807, 2.05) is 0 Å². The Balaban J connectivity index is 1.96. The summed E-state index contributed by atoms with van der Waals surface area (Å²) in [4.78, 5) is 2.21. The molecule has 0 aromatic carbocycles. The van der Waals surface area contributed by atoms with Crippen LogP contribution in [0.1, 0.15) is 6.92 Å². The maximum Gasteiger partial charge on any atom is 0.0900 e. The molecule has 3 heteroatoms. The van der Waals surface area contributed by atoms with E-state index >= 15 is 0 Å². The van der Waals surface area contributed by atoms with Crippen molar-refractivity contribution in [3.63, 3.8) is 0 Å². The molecule has 0 spiro atoms. The molecule has 1 aliphatic rings. The van der Waals surface area contributed by atoms with Crippen LogP contribution in [-0.2, 0) is 4.74 Å². The molecule has 0 aromatic rings. The summed E-state index contributed by atoms with van der Waals surface area (Å²) in [5, 5.41) is 9.40. The summed E-state index contributed by atoms with van der Waals surface area (Å²) in [6.45, 7) is 8.45. The lowest BCUT2D eigenvalue weighted by Crippen LogP contribution is -2.25. The van der Waals surface area contributed by atoms with Crippen LogP contribution in [0.5, 0.6) is 0 Å². The topological polar surface area (TPSA) is 32.5 Å². The summed E-state index contributed by atoms with van der Waals surface area (Å²) in [5.41, 5.74) is 0. The van der Waals surface area contributed by atoms with Crippen LogP contribution >= 0.6 is 0 Å². The molecule has 0 amide bonds. The Kier molecular flexibility index (Phi) is 3.72. The summed E-state index contributed by atoms with van der Waals surface area (Å²) >= 11 is 0. The van der Waals surface area contributed by atoms with E-state index in [1.54, 1.807) is 6.08 Å². The summed E-state index contributed by atoms with van der Waals surface area (Å²) in [6.07, 6.45) is 1.34. The highest BCUT2D eigenvalue weighted by Gasteiger charge is 2.30. The lowest BCUT2D eigenvalue weighted by molar-refractivity contribution is 0.0407. The van der Waals surface area contributed by atoms with Gasteiger partial charge in [0.15, 0.2) is 0 Å². The molecule has 3 unspecified atom stereocenters. The van der Waals surface area contributed by atoms with Gasteiger partial charge in [0.1, 0.15) is 0 Å². The molecule has 70 valence electrons. The Morgan fingerprint density at radius 3 is 3.00 bits per heavy atom. The number of ether oxygens (including phenoxy) is 1. The van der Waals surface area contributed by atoms with Gasteiger partial charge in [0.2, 0.25) is 0 Å². The van der Waals surface area contributed by atoms with Crippen LogP contribution in [0.25, 0.3) is 0 Å². The Hall–Kier alpha value is -0.380. The quantitative estimate of drug-likeness (QED) is 0.353. The fourth-order valence-electron chi connectivity index (χ4n) is 1.16. The van der Waals surface area contributed by atoms with Gasteiger partial charge in [0.05, 0.1) is 19.3 Å². The van der Waals surface area contributed by atoms with Gasteiger partial charge < -0.3 is 9.84 Å². The minimum Gasteiger partial charge on any atom is -0.389 e. The Labute approximate surface area is 73.6 Å². The average molecular weight is 171 g/mol. The largest absolute Gasteiger partial charge is 0.389 e. The fourth-order valence-corrected chi connectivity index (χ4v) is 1.16. The molecule has 1 N–H and O–H groups in total. The van der Waals surface area contributed by atoms with Crippen molar-refractivity contribution in [1.82, 2.24) is 4.90 Å². The van der Waals surface area contributed by atoms with Gasteiger partial charge in [0, 0.05) is 19.1 Å². The first kappa shape index (κ1) is 9.71.